The molecule has 2 aromatic rings. The molecule has 0 radical (unpaired) electrons. The number of rotatable bonds is 4. The summed E-state index contributed by atoms with van der Waals surface area (Å²) in [6.45, 7) is 3.24. The number of hydrogen-bond acceptors (Lipinski definition) is 3. The molecule has 0 aromatic heterocycles. The van der Waals surface area contributed by atoms with E-state index in [4.69, 9.17) is 0 Å². The van der Waals surface area contributed by atoms with Gasteiger partial charge in [-0.15, -0.1) is 12.4 Å². The number of carbonyl (C=O) groups excluding carboxylic acids is 2. The molecule has 1 fully saturated rings. The van der Waals surface area contributed by atoms with Crippen LogP contribution in [0.15, 0.2) is 42.5 Å². The quantitative estimate of drug-likeness (QED) is 0.816. The predicted octanol–water partition coefficient (Wildman–Crippen LogP) is 3.63. The fourth-order valence-electron chi connectivity index (χ4n) is 3.28. The smallest absolute Gasteiger partial charge is 0.258 e. The van der Waals surface area contributed by atoms with Gasteiger partial charge in [-0.3, -0.25) is 9.59 Å². The minimum absolute atomic E-state index is 0. The highest BCUT2D eigenvalue weighted by Crippen LogP contribution is 2.21. The predicted molar refractivity (Wildman–Crippen MR) is 111 cm³/mol. The number of hydrogen-bond donors (Lipinski definition) is 2. The Balaban J connectivity index is 0.00000280. The zero-order valence-corrected chi connectivity index (χ0v) is 16.8. The van der Waals surface area contributed by atoms with Gasteiger partial charge in [0.2, 0.25) is 0 Å². The first-order valence-electron chi connectivity index (χ1n) is 9.12. The molecule has 0 spiro atoms. The third kappa shape index (κ3) is 4.88. The largest absolute Gasteiger partial charge is 0.339 e. The van der Waals surface area contributed by atoms with E-state index in [1.807, 2.05) is 18.9 Å². The van der Waals surface area contributed by atoms with Gasteiger partial charge in [0.15, 0.2) is 0 Å². The van der Waals surface area contributed by atoms with Gasteiger partial charge >= 0.3 is 0 Å². The van der Waals surface area contributed by atoms with Crippen LogP contribution in [0.4, 0.5) is 10.1 Å². The lowest BCUT2D eigenvalue weighted by Gasteiger charge is -2.32. The second kappa shape index (κ2) is 9.66. The van der Waals surface area contributed by atoms with E-state index < -0.39 is 11.7 Å². The molecule has 1 aliphatic rings. The number of halogens is 2. The number of nitrogens with zero attached hydrogens (tertiary/aromatic N) is 1. The van der Waals surface area contributed by atoms with E-state index in [0.717, 1.165) is 18.4 Å². The van der Waals surface area contributed by atoms with Crippen molar-refractivity contribution >= 4 is 29.9 Å². The van der Waals surface area contributed by atoms with Gasteiger partial charge in [-0.05, 0) is 56.6 Å². The van der Waals surface area contributed by atoms with Crippen molar-refractivity contribution in [3.05, 3.63) is 65.0 Å². The number of amides is 2. The second-order valence-electron chi connectivity index (χ2n) is 6.82. The van der Waals surface area contributed by atoms with E-state index in [1.165, 1.54) is 18.2 Å². The van der Waals surface area contributed by atoms with Crippen LogP contribution in [-0.4, -0.2) is 42.9 Å². The van der Waals surface area contributed by atoms with Crippen molar-refractivity contribution in [3.63, 3.8) is 0 Å². The molecule has 0 unspecified atom stereocenters. The molecule has 28 heavy (non-hydrogen) atoms. The monoisotopic (exact) mass is 405 g/mol. The minimum Gasteiger partial charge on any atom is -0.339 e. The van der Waals surface area contributed by atoms with Crippen molar-refractivity contribution in [1.29, 1.82) is 0 Å². The van der Waals surface area contributed by atoms with E-state index in [0.29, 0.717) is 30.4 Å². The Labute approximate surface area is 170 Å². The van der Waals surface area contributed by atoms with Gasteiger partial charge in [0.1, 0.15) is 5.82 Å². The highest BCUT2D eigenvalue weighted by atomic mass is 35.5. The van der Waals surface area contributed by atoms with Gasteiger partial charge < -0.3 is 15.5 Å². The number of carbonyl (C=O) groups is 2. The molecule has 2 N–H and O–H groups in total. The topological polar surface area (TPSA) is 61.4 Å². The van der Waals surface area contributed by atoms with Gasteiger partial charge in [-0.25, -0.2) is 4.39 Å². The van der Waals surface area contributed by atoms with Crippen molar-refractivity contribution in [2.45, 2.75) is 25.8 Å². The van der Waals surface area contributed by atoms with Crippen LogP contribution in [-0.2, 0) is 0 Å². The molecule has 1 heterocycles. The number of anilines is 1. The van der Waals surface area contributed by atoms with E-state index >= 15 is 0 Å². The van der Waals surface area contributed by atoms with Crippen LogP contribution in [0.1, 0.15) is 39.1 Å². The Morgan fingerprint density at radius 3 is 2.43 bits per heavy atom. The molecule has 0 saturated carbocycles. The normalized spacial score (nSPS) is 14.3. The maximum Gasteiger partial charge on any atom is 0.258 e. The van der Waals surface area contributed by atoms with Gasteiger partial charge in [-0.1, -0.05) is 18.2 Å². The van der Waals surface area contributed by atoms with E-state index in [-0.39, 0.29) is 23.9 Å². The molecule has 1 saturated heterocycles. The SMILES string of the molecule is CNC1CCN(C(=O)c2ccc(C)c(NC(=O)c3ccccc3F)c2)CC1.Cl. The number of nitrogens with one attached hydrogen (secondary N) is 2. The Bertz CT molecular complexity index is 851. The van der Waals surface area contributed by atoms with E-state index in [1.54, 1.807) is 24.3 Å². The Kier molecular flexibility index (Phi) is 7.54. The average Bonchev–Trinajstić information content (AvgIpc) is 2.69. The molecular formula is C21H25ClFN3O2. The fraction of sp³-hybridized carbons (Fsp3) is 0.333. The molecular weight excluding hydrogens is 381 g/mol. The van der Waals surface area contributed by atoms with Crippen LogP contribution in [0.25, 0.3) is 0 Å². The van der Waals surface area contributed by atoms with Gasteiger partial charge in [0, 0.05) is 30.4 Å². The lowest BCUT2D eigenvalue weighted by molar-refractivity contribution is 0.0707. The zero-order chi connectivity index (χ0) is 19.4. The molecule has 5 nitrogen and oxygen atoms in total. The van der Waals surface area contributed by atoms with Crippen LogP contribution in [0.2, 0.25) is 0 Å². The summed E-state index contributed by atoms with van der Waals surface area (Å²) < 4.78 is 13.8. The fourth-order valence-corrected chi connectivity index (χ4v) is 3.28. The standard InChI is InChI=1S/C21H24FN3O2.ClH/c1-14-7-8-15(21(27)25-11-9-16(23-2)10-12-25)13-19(14)24-20(26)17-5-3-4-6-18(17)22;/h3-8,13,16,23H,9-12H2,1-2H3,(H,24,26);1H. The molecule has 2 aromatic carbocycles. The first kappa shape index (κ1) is 21.9. The molecule has 7 heteroatoms. The third-order valence-electron chi connectivity index (χ3n) is 5.04. The number of aryl methyl sites for hydroxylation is 1. The van der Waals surface area contributed by atoms with Gasteiger partial charge in [0.25, 0.3) is 11.8 Å². The minimum atomic E-state index is -0.577. The van der Waals surface area contributed by atoms with Gasteiger partial charge in [-0.2, -0.15) is 0 Å². The van der Waals surface area contributed by atoms with Crippen molar-refractivity contribution in [2.75, 3.05) is 25.5 Å². The second-order valence-corrected chi connectivity index (χ2v) is 6.82. The third-order valence-corrected chi connectivity index (χ3v) is 5.04. The summed E-state index contributed by atoms with van der Waals surface area (Å²) in [5, 5.41) is 5.97. The Hall–Kier alpha value is -2.44. The zero-order valence-electron chi connectivity index (χ0n) is 16.0. The summed E-state index contributed by atoms with van der Waals surface area (Å²) in [5.41, 5.74) is 1.82. The summed E-state index contributed by atoms with van der Waals surface area (Å²) in [4.78, 5) is 27.0. The molecule has 0 bridgehead atoms. The van der Waals surface area contributed by atoms with Crippen LogP contribution in [0.5, 0.6) is 0 Å². The van der Waals surface area contributed by atoms with Crippen LogP contribution in [0.3, 0.4) is 0 Å². The number of piperidine rings is 1. The van der Waals surface area contributed by atoms with Crippen LogP contribution < -0.4 is 10.6 Å². The lowest BCUT2D eigenvalue weighted by Crippen LogP contribution is -2.43. The number of likely N-dealkylation sites (tertiary alicyclic amines) is 1. The summed E-state index contributed by atoms with van der Waals surface area (Å²) in [5.74, 6) is -1.16. The van der Waals surface area contributed by atoms with Crippen molar-refractivity contribution in [2.24, 2.45) is 0 Å². The molecule has 0 atom stereocenters. The Morgan fingerprint density at radius 1 is 1.11 bits per heavy atom. The number of benzene rings is 2. The molecule has 2 amide bonds. The van der Waals surface area contributed by atoms with E-state index in [9.17, 15) is 14.0 Å². The highest BCUT2D eigenvalue weighted by molar-refractivity contribution is 6.05. The molecule has 0 aliphatic carbocycles. The average molecular weight is 406 g/mol. The maximum absolute atomic E-state index is 13.8. The van der Waals surface area contributed by atoms with Crippen molar-refractivity contribution in [1.82, 2.24) is 10.2 Å². The molecule has 3 rings (SSSR count). The summed E-state index contributed by atoms with van der Waals surface area (Å²) in [6, 6.07) is 11.5. The lowest BCUT2D eigenvalue weighted by atomic mass is 10.0. The molecule has 1 aliphatic heterocycles. The van der Waals surface area contributed by atoms with Crippen LogP contribution in [0, 0.1) is 12.7 Å². The maximum atomic E-state index is 13.8. The summed E-state index contributed by atoms with van der Waals surface area (Å²) in [7, 11) is 1.94. The van der Waals surface area contributed by atoms with E-state index in [2.05, 4.69) is 10.6 Å². The Morgan fingerprint density at radius 2 is 1.79 bits per heavy atom. The highest BCUT2D eigenvalue weighted by Gasteiger charge is 2.23. The van der Waals surface area contributed by atoms with Crippen LogP contribution >= 0.6 is 12.4 Å². The van der Waals surface area contributed by atoms with Crippen molar-refractivity contribution in [3.8, 4) is 0 Å². The first-order chi connectivity index (χ1) is 13.0. The van der Waals surface area contributed by atoms with Crippen molar-refractivity contribution < 1.29 is 14.0 Å². The first-order valence-corrected chi connectivity index (χ1v) is 9.12. The molecule has 150 valence electrons. The van der Waals surface area contributed by atoms with Gasteiger partial charge in [0.05, 0.1) is 5.56 Å². The summed E-state index contributed by atoms with van der Waals surface area (Å²) >= 11 is 0. The summed E-state index contributed by atoms with van der Waals surface area (Å²) in [6.07, 6.45) is 1.84.